The van der Waals surface area contributed by atoms with E-state index in [2.05, 4.69) is 0 Å². The first kappa shape index (κ1) is 13.4. The van der Waals surface area contributed by atoms with Gasteiger partial charge in [-0.15, -0.1) is 0 Å². The average molecular weight is 276 g/mol. The van der Waals surface area contributed by atoms with Crippen molar-refractivity contribution in [2.24, 2.45) is 0 Å². The average Bonchev–Trinajstić information content (AvgIpc) is 2.34. The smallest absolute Gasteiger partial charge is 0.207 e. The molecule has 100 valence electrons. The maximum absolute atomic E-state index is 12.7. The van der Waals surface area contributed by atoms with Gasteiger partial charge in [-0.25, -0.2) is 8.42 Å². The molecule has 2 aromatic carbocycles. The summed E-state index contributed by atoms with van der Waals surface area (Å²) in [4.78, 5) is 0.447. The van der Waals surface area contributed by atoms with Crippen LogP contribution in [-0.2, 0) is 9.84 Å². The minimum absolute atomic E-state index is 0.166. The molecule has 2 aromatic rings. The summed E-state index contributed by atoms with van der Waals surface area (Å²) in [6.45, 7) is 3.44. The first-order valence-electron chi connectivity index (χ1n) is 5.80. The second kappa shape index (κ2) is 4.59. The highest BCUT2D eigenvalue weighted by Crippen LogP contribution is 2.30. The minimum atomic E-state index is -3.61. The second-order valence-electron chi connectivity index (χ2n) is 4.50. The molecule has 0 amide bonds. The van der Waals surface area contributed by atoms with Crippen LogP contribution in [0.3, 0.4) is 0 Å². The van der Waals surface area contributed by atoms with Gasteiger partial charge in [0.2, 0.25) is 9.84 Å². The van der Waals surface area contributed by atoms with Gasteiger partial charge in [-0.05, 0) is 43.2 Å². The van der Waals surface area contributed by atoms with Gasteiger partial charge in [-0.3, -0.25) is 0 Å². The van der Waals surface area contributed by atoms with E-state index in [4.69, 9.17) is 11.5 Å². The molecule has 0 aliphatic rings. The highest BCUT2D eigenvalue weighted by atomic mass is 32.2. The first-order valence-corrected chi connectivity index (χ1v) is 7.28. The van der Waals surface area contributed by atoms with Crippen molar-refractivity contribution in [3.05, 3.63) is 47.5 Å². The lowest BCUT2D eigenvalue weighted by Gasteiger charge is -2.12. The van der Waals surface area contributed by atoms with Gasteiger partial charge in [-0.1, -0.05) is 18.2 Å². The van der Waals surface area contributed by atoms with Crippen LogP contribution in [0.4, 0.5) is 11.4 Å². The van der Waals surface area contributed by atoms with E-state index < -0.39 is 9.84 Å². The molecular weight excluding hydrogens is 260 g/mol. The fourth-order valence-electron chi connectivity index (χ4n) is 1.99. The topological polar surface area (TPSA) is 86.2 Å². The van der Waals surface area contributed by atoms with Crippen molar-refractivity contribution < 1.29 is 8.42 Å². The van der Waals surface area contributed by atoms with Crippen LogP contribution in [0.2, 0.25) is 0 Å². The van der Waals surface area contributed by atoms with Gasteiger partial charge in [0.1, 0.15) is 0 Å². The molecule has 19 heavy (non-hydrogen) atoms. The molecule has 0 spiro atoms. The zero-order chi connectivity index (χ0) is 14.2. The van der Waals surface area contributed by atoms with Crippen LogP contribution in [0.25, 0.3) is 0 Å². The van der Waals surface area contributed by atoms with Crippen molar-refractivity contribution in [2.45, 2.75) is 23.6 Å². The Morgan fingerprint density at radius 2 is 1.58 bits per heavy atom. The number of benzene rings is 2. The predicted molar refractivity (Wildman–Crippen MR) is 76.6 cm³/mol. The van der Waals surface area contributed by atoms with Gasteiger partial charge in [0.15, 0.2) is 0 Å². The molecular formula is C14H16N2O2S. The van der Waals surface area contributed by atoms with E-state index >= 15 is 0 Å². The van der Waals surface area contributed by atoms with Crippen molar-refractivity contribution in [3.63, 3.8) is 0 Å². The molecule has 0 unspecified atom stereocenters. The van der Waals surface area contributed by atoms with Gasteiger partial charge >= 0.3 is 0 Å². The Labute approximate surface area is 113 Å². The number of nitrogen functional groups attached to an aromatic ring is 2. The lowest BCUT2D eigenvalue weighted by Crippen LogP contribution is -2.08. The first-order chi connectivity index (χ1) is 8.84. The van der Waals surface area contributed by atoms with Crippen LogP contribution in [0.5, 0.6) is 0 Å². The Morgan fingerprint density at radius 1 is 0.947 bits per heavy atom. The molecule has 0 saturated carbocycles. The van der Waals surface area contributed by atoms with Gasteiger partial charge in [0, 0.05) is 11.4 Å². The van der Waals surface area contributed by atoms with Crippen molar-refractivity contribution in [1.82, 2.24) is 0 Å². The standard InChI is InChI=1S/C14H16N2O2S/c1-9-5-3-4-6-13(9)19(17,18)14-8-11(15)7-12(16)10(14)2/h3-8H,15-16H2,1-2H3. The third-order valence-corrected chi connectivity index (χ3v) is 5.14. The van der Waals surface area contributed by atoms with E-state index in [0.29, 0.717) is 22.5 Å². The molecule has 0 radical (unpaired) electrons. The van der Waals surface area contributed by atoms with Gasteiger partial charge in [0.25, 0.3) is 0 Å². The van der Waals surface area contributed by atoms with Crippen LogP contribution in [0, 0.1) is 13.8 Å². The summed E-state index contributed by atoms with van der Waals surface area (Å²) in [5.74, 6) is 0. The van der Waals surface area contributed by atoms with E-state index in [1.165, 1.54) is 6.07 Å². The number of hydrogen-bond acceptors (Lipinski definition) is 4. The number of nitrogens with two attached hydrogens (primary N) is 2. The molecule has 0 bridgehead atoms. The highest BCUT2D eigenvalue weighted by molar-refractivity contribution is 7.91. The molecule has 2 rings (SSSR count). The van der Waals surface area contributed by atoms with Gasteiger partial charge in [0.05, 0.1) is 9.79 Å². The molecule has 0 fully saturated rings. The van der Waals surface area contributed by atoms with Crippen LogP contribution in [0.15, 0.2) is 46.2 Å². The lowest BCUT2D eigenvalue weighted by atomic mass is 10.2. The molecule has 4 N–H and O–H groups in total. The molecule has 0 aliphatic carbocycles. The van der Waals surface area contributed by atoms with Crippen LogP contribution in [-0.4, -0.2) is 8.42 Å². The van der Waals surface area contributed by atoms with Crippen molar-refractivity contribution in [3.8, 4) is 0 Å². The van der Waals surface area contributed by atoms with Crippen molar-refractivity contribution >= 4 is 21.2 Å². The molecule has 5 heteroatoms. The Morgan fingerprint density at radius 3 is 2.21 bits per heavy atom. The number of sulfone groups is 1. The number of hydrogen-bond donors (Lipinski definition) is 2. The van der Waals surface area contributed by atoms with E-state index in [0.717, 1.165) is 0 Å². The summed E-state index contributed by atoms with van der Waals surface area (Å²) in [6.07, 6.45) is 0. The molecule has 0 saturated heterocycles. The fraction of sp³-hybridized carbons (Fsp3) is 0.143. The molecule has 0 aliphatic heterocycles. The summed E-state index contributed by atoms with van der Waals surface area (Å²) in [5, 5.41) is 0. The summed E-state index contributed by atoms with van der Waals surface area (Å²) < 4.78 is 25.3. The van der Waals surface area contributed by atoms with Crippen molar-refractivity contribution in [1.29, 1.82) is 0 Å². The Balaban J connectivity index is 2.75. The molecule has 0 atom stereocenters. The van der Waals surface area contributed by atoms with Gasteiger partial charge in [-0.2, -0.15) is 0 Å². The third kappa shape index (κ3) is 2.29. The lowest BCUT2D eigenvalue weighted by molar-refractivity contribution is 0.595. The molecule has 0 heterocycles. The van der Waals surface area contributed by atoms with Gasteiger partial charge < -0.3 is 11.5 Å². The van der Waals surface area contributed by atoms with Crippen molar-refractivity contribution in [2.75, 3.05) is 11.5 Å². The second-order valence-corrected chi connectivity index (χ2v) is 6.39. The zero-order valence-electron chi connectivity index (χ0n) is 10.8. The van der Waals surface area contributed by atoms with Crippen LogP contribution >= 0.6 is 0 Å². The number of aryl methyl sites for hydroxylation is 1. The van der Waals surface area contributed by atoms with Crippen LogP contribution in [0.1, 0.15) is 11.1 Å². The summed E-state index contributed by atoms with van der Waals surface area (Å²) in [7, 11) is -3.61. The summed E-state index contributed by atoms with van der Waals surface area (Å²) in [6, 6.07) is 9.86. The molecule has 4 nitrogen and oxygen atoms in total. The van der Waals surface area contributed by atoms with E-state index in [-0.39, 0.29) is 9.79 Å². The number of anilines is 2. The van der Waals surface area contributed by atoms with E-state index in [1.807, 2.05) is 0 Å². The maximum atomic E-state index is 12.7. The summed E-state index contributed by atoms with van der Waals surface area (Å²) in [5.41, 5.74) is 13.4. The Hall–Kier alpha value is -2.01. The predicted octanol–water partition coefficient (Wildman–Crippen LogP) is 2.30. The highest BCUT2D eigenvalue weighted by Gasteiger charge is 2.23. The Bertz CT molecular complexity index is 737. The molecule has 0 aromatic heterocycles. The Kier molecular flexibility index (Phi) is 3.24. The van der Waals surface area contributed by atoms with E-state index in [1.54, 1.807) is 44.2 Å². The quantitative estimate of drug-likeness (QED) is 0.824. The zero-order valence-corrected chi connectivity index (χ0v) is 11.7. The maximum Gasteiger partial charge on any atom is 0.207 e. The van der Waals surface area contributed by atoms with E-state index in [9.17, 15) is 8.42 Å². The SMILES string of the molecule is Cc1ccccc1S(=O)(=O)c1cc(N)cc(N)c1C. The number of rotatable bonds is 2. The van der Waals surface area contributed by atoms with Crippen LogP contribution < -0.4 is 11.5 Å². The fourth-order valence-corrected chi connectivity index (χ4v) is 3.79. The monoisotopic (exact) mass is 276 g/mol. The largest absolute Gasteiger partial charge is 0.399 e. The third-order valence-electron chi connectivity index (χ3n) is 3.10. The normalized spacial score (nSPS) is 11.5. The minimum Gasteiger partial charge on any atom is -0.399 e. The summed E-state index contributed by atoms with van der Waals surface area (Å²) >= 11 is 0.